The van der Waals surface area contributed by atoms with Crippen LogP contribution in [0.15, 0.2) is 12.2 Å². The number of hydrogen-bond acceptors (Lipinski definition) is 14. The van der Waals surface area contributed by atoms with Gasteiger partial charge in [0.2, 0.25) is 70.9 Å². The van der Waals surface area contributed by atoms with Crippen molar-refractivity contribution in [1.82, 2.24) is 64.9 Å². The second-order valence-electron chi connectivity index (χ2n) is 33.9. The molecule has 12 amide bonds. The molecule has 8 rings (SSSR count). The molecule has 8 aliphatic rings. The van der Waals surface area contributed by atoms with E-state index in [1.165, 1.54) is 90.7 Å². The summed E-state index contributed by atoms with van der Waals surface area (Å²) in [5, 5.41) is 8.82. The van der Waals surface area contributed by atoms with Crippen molar-refractivity contribution in [2.45, 2.75) is 267 Å². The van der Waals surface area contributed by atoms with E-state index < -0.39 is 186 Å². The lowest BCUT2D eigenvalue weighted by atomic mass is 9.58. The number of fused-ring (bicyclic) bond motifs is 4. The van der Waals surface area contributed by atoms with Gasteiger partial charge in [-0.05, 0) is 165 Å². The van der Waals surface area contributed by atoms with Gasteiger partial charge in [0.1, 0.15) is 53.9 Å². The smallest absolute Gasteiger partial charge is 0.377 e. The van der Waals surface area contributed by atoms with E-state index in [4.69, 9.17) is 16.3 Å². The number of alkyl halides is 4. The lowest BCUT2D eigenvalue weighted by Gasteiger charge is -2.54. The third-order valence-corrected chi connectivity index (χ3v) is 25.7. The first-order valence-electron chi connectivity index (χ1n) is 39.7. The van der Waals surface area contributed by atoms with Crippen LogP contribution in [0.3, 0.4) is 0 Å². The van der Waals surface area contributed by atoms with E-state index in [1.54, 1.807) is 26.0 Å². The van der Waals surface area contributed by atoms with Crippen LogP contribution in [0.5, 0.6) is 0 Å². The molecule has 30 heteroatoms. The third kappa shape index (κ3) is 20.4. The molecular weight excluding hydrogens is 1420 g/mol. The maximum Gasteiger partial charge on any atom is 0.391 e. The van der Waals surface area contributed by atoms with E-state index >= 15 is 33.6 Å². The highest BCUT2D eigenvalue weighted by Gasteiger charge is 2.60. The molecule has 4 heterocycles. The minimum Gasteiger partial charge on any atom is -0.377 e. The van der Waals surface area contributed by atoms with E-state index in [9.17, 15) is 37.1 Å². The van der Waals surface area contributed by atoms with Gasteiger partial charge in [-0.25, -0.2) is 0 Å². The molecule has 26 nitrogen and oxygen atoms in total. The standard InChI is InChI=1S/C78H125ClF3N13O13/c1-16-24-56-67(99)84-64(47(4)17-2)73(105)89(11)44-63(98)91(13)57-27-20-19-23-35-94(72(57)104)60(39-48-28-31-52(32-29-48)78(80,81)82)71(103)88(10)43-61(96)83-55(33-30-49-37-51-34-36-87(9)65(51)54(79)38-49)69(101)95-42-53(108-18-3)40-58(95)68(100)85-77(45-76(5,6)46-77)75(107)93(15)66(50-25-21-22-26-50)74(106)92(14)59(70(102)86(7)8)41-62(97)90(56)12/h19-20,47-60,64-66H,16-18,21-46H2,1-15H3,(H,83,96)(H,84,99)(H,85,100)/b20-19-/t47-,48?,49?,51?,52?,53+,54?,55-,56-,57-,58-,59-,60-,64-,65?,66-/m0/s1. The fraction of sp³-hybridized carbons (Fsp3) is 0.821. The molecule has 2 bridgehead atoms. The van der Waals surface area contributed by atoms with E-state index in [2.05, 4.69) is 27.9 Å². The molecule has 4 unspecified atom stereocenters. The van der Waals surface area contributed by atoms with Crippen LogP contribution < -0.4 is 16.0 Å². The minimum absolute atomic E-state index is 0.0113. The summed E-state index contributed by atoms with van der Waals surface area (Å²) in [5.41, 5.74) is -2.11. The highest BCUT2D eigenvalue weighted by molar-refractivity contribution is 6.21. The molecule has 14 atom stereocenters. The number of hydrogen-bond donors (Lipinski definition) is 3. The molecule has 3 N–H and O–H groups in total. The Morgan fingerprint density at radius 2 is 1.32 bits per heavy atom. The number of likely N-dealkylation sites (N-methyl/N-ethyl adjacent to an activating group) is 7. The first-order chi connectivity index (χ1) is 50.8. The molecule has 108 heavy (non-hydrogen) atoms. The molecule has 3 saturated heterocycles. The van der Waals surface area contributed by atoms with E-state index in [0.29, 0.717) is 44.4 Å². The Hall–Kier alpha value is -6.62. The summed E-state index contributed by atoms with van der Waals surface area (Å²) in [5.74, 6) is -10.6. The number of ether oxygens (including phenoxy) is 1. The van der Waals surface area contributed by atoms with E-state index in [1.807, 2.05) is 27.7 Å². The normalized spacial score (nSPS) is 33.0. The van der Waals surface area contributed by atoms with Crippen LogP contribution in [0.4, 0.5) is 13.2 Å². The summed E-state index contributed by atoms with van der Waals surface area (Å²) in [6.07, 6.45) is 4.44. The summed E-state index contributed by atoms with van der Waals surface area (Å²) >= 11 is 7.16. The highest BCUT2D eigenvalue weighted by Crippen LogP contribution is 2.50. The van der Waals surface area contributed by atoms with Crippen LogP contribution in [-0.4, -0.2) is 300 Å². The molecule has 7 fully saturated rings. The number of carbonyl (C=O) groups is 12. The predicted octanol–water partition coefficient (Wildman–Crippen LogP) is 5.81. The number of likely N-dealkylation sites (tertiary alicyclic amines) is 1. The Morgan fingerprint density at radius 3 is 1.94 bits per heavy atom. The molecular formula is C78H125ClF3N13O13. The summed E-state index contributed by atoms with van der Waals surface area (Å²) in [7, 11) is 13.5. The fourth-order valence-corrected chi connectivity index (χ4v) is 19.7. The molecule has 0 aromatic heterocycles. The highest BCUT2D eigenvalue weighted by atomic mass is 35.5. The molecule has 1 spiro atoms. The van der Waals surface area contributed by atoms with Gasteiger partial charge < -0.3 is 69.7 Å². The summed E-state index contributed by atoms with van der Waals surface area (Å²) in [6.45, 7) is 10.8. The Kier molecular flexibility index (Phi) is 29.9. The molecule has 4 aliphatic carbocycles. The lowest BCUT2D eigenvalue weighted by Crippen LogP contribution is -2.71. The first kappa shape index (κ1) is 87.0. The zero-order chi connectivity index (χ0) is 79.8. The third-order valence-electron chi connectivity index (χ3n) is 25.3. The van der Waals surface area contributed by atoms with Crippen LogP contribution in [0, 0.1) is 40.9 Å². The minimum atomic E-state index is -4.44. The average Bonchev–Trinajstić information content (AvgIpc) is 1.01. The van der Waals surface area contributed by atoms with Gasteiger partial charge >= 0.3 is 6.18 Å². The van der Waals surface area contributed by atoms with Crippen molar-refractivity contribution in [3.8, 4) is 0 Å². The van der Waals surface area contributed by atoms with Crippen LogP contribution in [0.1, 0.15) is 189 Å². The van der Waals surface area contributed by atoms with Gasteiger partial charge in [-0.2, -0.15) is 13.2 Å². The molecule has 608 valence electrons. The van der Waals surface area contributed by atoms with Crippen LogP contribution in [-0.2, 0) is 62.3 Å². The topological polar surface area (TPSA) is 283 Å². The second kappa shape index (κ2) is 37.1. The Bertz CT molecular complexity index is 3270. The molecule has 0 aromatic carbocycles. The maximum absolute atomic E-state index is 15.9. The van der Waals surface area contributed by atoms with Crippen molar-refractivity contribution in [3.05, 3.63) is 12.2 Å². The number of rotatable bonds is 13. The summed E-state index contributed by atoms with van der Waals surface area (Å²) < 4.78 is 48.8. The van der Waals surface area contributed by atoms with E-state index in [-0.39, 0.29) is 114 Å². The van der Waals surface area contributed by atoms with Gasteiger partial charge in [0, 0.05) is 93.9 Å². The van der Waals surface area contributed by atoms with Crippen molar-refractivity contribution < 1.29 is 75.4 Å². The SMILES string of the molecule is CCC[C@H]1C(=O)N[C@@H]([C@@H](C)CC)C(=O)N(C)CC(=O)N(C)[C@H]2C/C=C\CCN(C2=O)[C@@H](CC2CCC(C(F)(F)F)CC2)C(=O)N(C)CC(=O)N[C@@H](CCC2CC(Cl)C3C(CCN3C)C2)C(=O)N2C[C@H](OCC)C[C@H]2C(=O)NC2(CC(C)(C)C2)C(=O)N(C)[C@@H](C2CCCC2)C(=O)N(C)[C@H](C(=O)N(C)C)CC(=O)N1C. The van der Waals surface area contributed by atoms with Crippen molar-refractivity contribution in [1.29, 1.82) is 0 Å². The van der Waals surface area contributed by atoms with Crippen LogP contribution in [0.2, 0.25) is 0 Å². The van der Waals surface area contributed by atoms with Gasteiger partial charge in [0.25, 0.3) is 0 Å². The Labute approximate surface area is 642 Å². The van der Waals surface area contributed by atoms with Crippen molar-refractivity contribution in [2.75, 3.05) is 103 Å². The molecule has 4 saturated carbocycles. The van der Waals surface area contributed by atoms with E-state index in [0.717, 1.165) is 42.0 Å². The van der Waals surface area contributed by atoms with Gasteiger partial charge in [-0.15, -0.1) is 11.6 Å². The number of carbonyl (C=O) groups excluding carboxylic acids is 12. The Balaban J connectivity index is 1.21. The zero-order valence-electron chi connectivity index (χ0n) is 66.8. The number of amides is 12. The van der Waals surface area contributed by atoms with Crippen molar-refractivity contribution in [3.63, 3.8) is 0 Å². The fourth-order valence-electron chi connectivity index (χ4n) is 19.0. The first-order valence-corrected chi connectivity index (χ1v) is 40.2. The number of halogens is 4. The zero-order valence-corrected chi connectivity index (χ0v) is 67.5. The maximum atomic E-state index is 15.9. The van der Waals surface area contributed by atoms with Crippen molar-refractivity contribution >= 4 is 82.5 Å². The largest absolute Gasteiger partial charge is 0.391 e. The number of nitrogens with one attached hydrogen (secondary N) is 3. The van der Waals surface area contributed by atoms with Gasteiger partial charge in [-0.1, -0.05) is 72.5 Å². The average molecular weight is 1550 g/mol. The number of nitrogens with zero attached hydrogens (tertiary/aromatic N) is 10. The predicted molar refractivity (Wildman–Crippen MR) is 401 cm³/mol. The second-order valence-corrected chi connectivity index (χ2v) is 34.5. The summed E-state index contributed by atoms with van der Waals surface area (Å²) in [4.78, 5) is 196. The Morgan fingerprint density at radius 1 is 0.667 bits per heavy atom. The van der Waals surface area contributed by atoms with Crippen LogP contribution in [0.25, 0.3) is 0 Å². The quantitative estimate of drug-likeness (QED) is 0.145. The van der Waals surface area contributed by atoms with Crippen molar-refractivity contribution in [2.24, 2.45) is 40.9 Å². The monoisotopic (exact) mass is 1540 g/mol. The van der Waals surface area contributed by atoms with Crippen LogP contribution >= 0.6 is 11.6 Å². The molecule has 0 aromatic rings. The molecule has 4 aliphatic heterocycles. The summed E-state index contributed by atoms with van der Waals surface area (Å²) in [6, 6.07) is -10.1. The molecule has 0 radical (unpaired) electrons. The van der Waals surface area contributed by atoms with Gasteiger partial charge in [0.15, 0.2) is 0 Å². The van der Waals surface area contributed by atoms with Gasteiger partial charge in [-0.3, -0.25) is 57.5 Å². The lowest BCUT2D eigenvalue weighted by molar-refractivity contribution is -0.184. The van der Waals surface area contributed by atoms with Gasteiger partial charge in [0.05, 0.1) is 31.5 Å².